The van der Waals surface area contributed by atoms with E-state index in [1.807, 2.05) is 24.4 Å². The molecule has 0 N–H and O–H groups in total. The summed E-state index contributed by atoms with van der Waals surface area (Å²) < 4.78 is 9.50. The van der Waals surface area contributed by atoms with E-state index in [1.165, 1.54) is 22.1 Å². The van der Waals surface area contributed by atoms with Crippen LogP contribution < -0.4 is 4.74 Å². The van der Waals surface area contributed by atoms with Gasteiger partial charge in [-0.2, -0.15) is 0 Å². The maximum Gasteiger partial charge on any atom is 0.293 e. The molecule has 0 atom stereocenters. The minimum Gasteiger partial charge on any atom is -0.497 e. The van der Waals surface area contributed by atoms with Crippen LogP contribution in [0.4, 0.5) is 0 Å². The lowest BCUT2D eigenvalue weighted by Crippen LogP contribution is -1.93. The fourth-order valence-corrected chi connectivity index (χ4v) is 2.64. The largest absolute Gasteiger partial charge is 0.497 e. The van der Waals surface area contributed by atoms with Crippen LogP contribution in [-0.2, 0) is 16.0 Å². The van der Waals surface area contributed by atoms with E-state index in [-0.39, 0.29) is 0 Å². The number of carbonyl (C=O) groups excluding carboxylic acids is 1. The number of carbonyl (C=O) groups is 1. The van der Waals surface area contributed by atoms with Gasteiger partial charge in [0.15, 0.2) is 0 Å². The lowest BCUT2D eigenvalue weighted by Gasteiger charge is -2.12. The van der Waals surface area contributed by atoms with Gasteiger partial charge in [0, 0.05) is 11.6 Å². The van der Waals surface area contributed by atoms with Gasteiger partial charge < -0.3 is 9.47 Å². The van der Waals surface area contributed by atoms with Crippen molar-refractivity contribution in [1.29, 1.82) is 0 Å². The van der Waals surface area contributed by atoms with E-state index >= 15 is 0 Å². The Balaban J connectivity index is 0.000000399. The third kappa shape index (κ3) is 4.57. The fourth-order valence-electron chi connectivity index (χ4n) is 2.64. The molecule has 130 valence electrons. The first kappa shape index (κ1) is 18.5. The molecule has 0 spiro atoms. The lowest BCUT2D eigenvalue weighted by molar-refractivity contribution is -0.128. The van der Waals surface area contributed by atoms with Gasteiger partial charge in [-0.1, -0.05) is 37.3 Å². The first-order valence-corrected chi connectivity index (χ1v) is 8.31. The highest BCUT2D eigenvalue weighted by atomic mass is 16.5. The van der Waals surface area contributed by atoms with Gasteiger partial charge in [-0.05, 0) is 48.2 Å². The van der Waals surface area contributed by atoms with Crippen molar-refractivity contribution in [1.82, 2.24) is 4.98 Å². The average Bonchev–Trinajstić information content (AvgIpc) is 2.68. The molecule has 0 bridgehead atoms. The number of pyridine rings is 1. The summed E-state index contributed by atoms with van der Waals surface area (Å²) >= 11 is 0. The minimum absolute atomic E-state index is 0.431. The predicted octanol–water partition coefficient (Wildman–Crippen LogP) is 4.65. The van der Waals surface area contributed by atoms with Crippen LogP contribution in [0, 0.1) is 0 Å². The third-order valence-electron chi connectivity index (χ3n) is 3.83. The van der Waals surface area contributed by atoms with Gasteiger partial charge in [0.25, 0.3) is 6.47 Å². The van der Waals surface area contributed by atoms with Crippen LogP contribution in [0.1, 0.15) is 19.4 Å². The molecule has 0 saturated carbocycles. The SMILES string of the molecule is CCOC=O.CCc1cnc2ccccc2c1-c1cccc(OC)c1. The van der Waals surface area contributed by atoms with Crippen LogP contribution in [0.2, 0.25) is 0 Å². The van der Waals surface area contributed by atoms with Crippen LogP contribution in [0.5, 0.6) is 5.75 Å². The molecule has 0 aliphatic rings. The smallest absolute Gasteiger partial charge is 0.293 e. The van der Waals surface area contributed by atoms with Crippen LogP contribution in [-0.4, -0.2) is 25.2 Å². The fraction of sp³-hybridized carbons (Fsp3) is 0.238. The molecule has 2 aromatic carbocycles. The number of ether oxygens (including phenoxy) is 2. The zero-order chi connectivity index (χ0) is 18.1. The van der Waals surface area contributed by atoms with Crippen molar-refractivity contribution >= 4 is 17.4 Å². The number of para-hydroxylation sites is 1. The van der Waals surface area contributed by atoms with E-state index in [0.717, 1.165) is 17.7 Å². The number of nitrogens with zero attached hydrogens (tertiary/aromatic N) is 1. The molecule has 1 aromatic heterocycles. The molecule has 0 saturated heterocycles. The number of aryl methyl sites for hydroxylation is 1. The highest BCUT2D eigenvalue weighted by molar-refractivity contribution is 5.96. The number of fused-ring (bicyclic) bond motifs is 1. The summed E-state index contributed by atoms with van der Waals surface area (Å²) in [6, 6.07) is 16.5. The van der Waals surface area contributed by atoms with Crippen LogP contribution in [0.3, 0.4) is 0 Å². The maximum atomic E-state index is 9.18. The summed E-state index contributed by atoms with van der Waals surface area (Å²) in [5.74, 6) is 0.880. The maximum absolute atomic E-state index is 9.18. The minimum atomic E-state index is 0.431. The van der Waals surface area contributed by atoms with Gasteiger partial charge in [-0.15, -0.1) is 0 Å². The Morgan fingerprint density at radius 3 is 2.52 bits per heavy atom. The predicted molar refractivity (Wildman–Crippen MR) is 101 cm³/mol. The number of methoxy groups -OCH3 is 1. The second kappa shape index (κ2) is 9.42. The summed E-state index contributed by atoms with van der Waals surface area (Å²) in [7, 11) is 1.70. The molecule has 0 radical (unpaired) electrons. The number of benzene rings is 2. The molecule has 3 rings (SSSR count). The van der Waals surface area contributed by atoms with Crippen molar-refractivity contribution < 1.29 is 14.3 Å². The van der Waals surface area contributed by atoms with Crippen LogP contribution >= 0.6 is 0 Å². The van der Waals surface area contributed by atoms with E-state index in [0.29, 0.717) is 13.1 Å². The standard InChI is InChI=1S/C18H17NO.C3H6O2/c1-3-13-12-19-17-10-5-4-9-16(17)18(13)14-7-6-8-15(11-14)20-2;1-2-5-3-4/h4-12H,3H2,1-2H3;3H,2H2,1H3. The van der Waals surface area contributed by atoms with E-state index in [1.54, 1.807) is 14.0 Å². The Kier molecular flexibility index (Phi) is 6.96. The van der Waals surface area contributed by atoms with Crippen molar-refractivity contribution in [3.8, 4) is 16.9 Å². The number of hydrogen-bond donors (Lipinski definition) is 0. The molecule has 1 heterocycles. The quantitative estimate of drug-likeness (QED) is 0.636. The van der Waals surface area contributed by atoms with Gasteiger partial charge in [0.05, 0.1) is 19.2 Å². The van der Waals surface area contributed by atoms with E-state index in [2.05, 4.69) is 47.0 Å². The molecular weight excluding hydrogens is 314 g/mol. The van der Waals surface area contributed by atoms with Gasteiger partial charge >= 0.3 is 0 Å². The van der Waals surface area contributed by atoms with E-state index < -0.39 is 0 Å². The van der Waals surface area contributed by atoms with Crippen LogP contribution in [0.15, 0.2) is 54.7 Å². The van der Waals surface area contributed by atoms with Crippen molar-refractivity contribution in [2.45, 2.75) is 20.3 Å². The topological polar surface area (TPSA) is 48.4 Å². The zero-order valence-electron chi connectivity index (χ0n) is 14.9. The lowest BCUT2D eigenvalue weighted by atomic mass is 9.95. The molecular formula is C21H23NO3. The van der Waals surface area contributed by atoms with Crippen molar-refractivity contribution in [2.75, 3.05) is 13.7 Å². The van der Waals surface area contributed by atoms with Crippen molar-refractivity contribution in [3.05, 3.63) is 60.3 Å². The number of aromatic nitrogens is 1. The van der Waals surface area contributed by atoms with Crippen LogP contribution in [0.25, 0.3) is 22.0 Å². The first-order chi connectivity index (χ1) is 12.2. The van der Waals surface area contributed by atoms with Crippen molar-refractivity contribution in [2.24, 2.45) is 0 Å². The molecule has 3 aromatic rings. The summed E-state index contributed by atoms with van der Waals surface area (Å²) in [6.07, 6.45) is 2.95. The van der Waals surface area contributed by atoms with Gasteiger partial charge in [0.2, 0.25) is 0 Å². The van der Waals surface area contributed by atoms with Gasteiger partial charge in [-0.3, -0.25) is 9.78 Å². The Morgan fingerprint density at radius 1 is 1.08 bits per heavy atom. The van der Waals surface area contributed by atoms with Gasteiger partial charge in [-0.25, -0.2) is 0 Å². The first-order valence-electron chi connectivity index (χ1n) is 8.31. The Labute approximate surface area is 148 Å². The molecule has 0 amide bonds. The molecule has 0 unspecified atom stereocenters. The molecule has 0 fully saturated rings. The van der Waals surface area contributed by atoms with E-state index in [9.17, 15) is 4.79 Å². The van der Waals surface area contributed by atoms with Crippen molar-refractivity contribution in [3.63, 3.8) is 0 Å². The third-order valence-corrected chi connectivity index (χ3v) is 3.83. The Bertz CT molecular complexity index is 830. The molecule has 4 heteroatoms. The molecule has 4 nitrogen and oxygen atoms in total. The number of rotatable bonds is 5. The second-order valence-corrected chi connectivity index (χ2v) is 5.31. The van der Waals surface area contributed by atoms with Gasteiger partial charge in [0.1, 0.15) is 5.75 Å². The average molecular weight is 337 g/mol. The normalized spacial score (nSPS) is 9.88. The summed E-state index contributed by atoms with van der Waals surface area (Å²) in [5, 5.41) is 1.19. The second-order valence-electron chi connectivity index (χ2n) is 5.31. The Hall–Kier alpha value is -2.88. The summed E-state index contributed by atoms with van der Waals surface area (Å²) in [4.78, 5) is 13.7. The monoisotopic (exact) mass is 337 g/mol. The molecule has 0 aliphatic heterocycles. The highest BCUT2D eigenvalue weighted by Gasteiger charge is 2.10. The number of hydrogen-bond acceptors (Lipinski definition) is 4. The Morgan fingerprint density at radius 2 is 1.88 bits per heavy atom. The highest BCUT2D eigenvalue weighted by Crippen LogP contribution is 2.33. The molecule has 0 aliphatic carbocycles. The van der Waals surface area contributed by atoms with E-state index in [4.69, 9.17) is 4.74 Å². The summed E-state index contributed by atoms with van der Waals surface area (Å²) in [5.41, 5.74) is 4.73. The summed E-state index contributed by atoms with van der Waals surface area (Å²) in [6.45, 7) is 4.83. The zero-order valence-corrected chi connectivity index (χ0v) is 14.9. The molecule has 25 heavy (non-hydrogen) atoms.